The number of nitrogens with one attached hydrogen (secondary N) is 1. The Balaban J connectivity index is 2.24. The van der Waals surface area contributed by atoms with Crippen molar-refractivity contribution in [3.8, 4) is 0 Å². The SMILES string of the molecule is CC(C)NCC1CCC1N(C)CC(F)F. The van der Waals surface area contributed by atoms with Crippen molar-refractivity contribution in [2.45, 2.75) is 45.2 Å². The van der Waals surface area contributed by atoms with E-state index in [0.29, 0.717) is 18.0 Å². The molecule has 1 saturated carbocycles. The van der Waals surface area contributed by atoms with E-state index >= 15 is 0 Å². The highest BCUT2D eigenvalue weighted by atomic mass is 19.3. The van der Waals surface area contributed by atoms with Crippen LogP contribution in [0.2, 0.25) is 0 Å². The highest BCUT2D eigenvalue weighted by Crippen LogP contribution is 2.31. The Kier molecular flexibility index (Phi) is 4.93. The summed E-state index contributed by atoms with van der Waals surface area (Å²) in [5.74, 6) is 0.552. The quantitative estimate of drug-likeness (QED) is 0.736. The van der Waals surface area contributed by atoms with Gasteiger partial charge in [-0.3, -0.25) is 4.90 Å². The maximum absolute atomic E-state index is 12.2. The molecule has 0 heterocycles. The minimum Gasteiger partial charge on any atom is -0.314 e. The van der Waals surface area contributed by atoms with Gasteiger partial charge >= 0.3 is 0 Å². The van der Waals surface area contributed by atoms with Gasteiger partial charge in [-0.2, -0.15) is 0 Å². The fourth-order valence-electron chi connectivity index (χ4n) is 2.11. The van der Waals surface area contributed by atoms with Crippen LogP contribution >= 0.6 is 0 Å². The van der Waals surface area contributed by atoms with Crippen molar-refractivity contribution >= 4 is 0 Å². The molecule has 1 aliphatic rings. The minimum atomic E-state index is -2.21. The molecule has 1 rings (SSSR count). The molecule has 2 unspecified atom stereocenters. The van der Waals surface area contributed by atoms with Crippen molar-refractivity contribution < 1.29 is 8.78 Å². The lowest BCUT2D eigenvalue weighted by Crippen LogP contribution is -2.50. The highest BCUT2D eigenvalue weighted by molar-refractivity contribution is 4.89. The molecule has 0 bridgehead atoms. The molecule has 2 atom stereocenters. The van der Waals surface area contributed by atoms with Crippen LogP contribution < -0.4 is 5.32 Å². The number of nitrogens with zero attached hydrogens (tertiary/aromatic N) is 1. The van der Waals surface area contributed by atoms with Crippen LogP contribution in [0.15, 0.2) is 0 Å². The van der Waals surface area contributed by atoms with Crippen molar-refractivity contribution in [1.82, 2.24) is 10.2 Å². The van der Waals surface area contributed by atoms with Gasteiger partial charge in [-0.25, -0.2) is 8.78 Å². The summed E-state index contributed by atoms with van der Waals surface area (Å²) < 4.78 is 24.4. The van der Waals surface area contributed by atoms with Crippen molar-refractivity contribution in [2.24, 2.45) is 5.92 Å². The summed E-state index contributed by atoms with van der Waals surface area (Å²) >= 11 is 0. The zero-order valence-electron chi connectivity index (χ0n) is 9.84. The molecule has 0 aromatic carbocycles. The van der Waals surface area contributed by atoms with Crippen molar-refractivity contribution in [2.75, 3.05) is 20.1 Å². The monoisotopic (exact) mass is 220 g/mol. The van der Waals surface area contributed by atoms with Gasteiger partial charge in [0.2, 0.25) is 0 Å². The van der Waals surface area contributed by atoms with Crippen LogP contribution in [0, 0.1) is 5.92 Å². The predicted molar refractivity (Wildman–Crippen MR) is 58.3 cm³/mol. The van der Waals surface area contributed by atoms with E-state index in [-0.39, 0.29) is 6.54 Å². The Morgan fingerprint density at radius 2 is 2.00 bits per heavy atom. The molecule has 0 radical (unpaired) electrons. The summed E-state index contributed by atoms with van der Waals surface area (Å²) in [5, 5.41) is 3.37. The molecule has 0 saturated heterocycles. The van der Waals surface area contributed by atoms with Crippen LogP contribution in [-0.2, 0) is 0 Å². The van der Waals surface area contributed by atoms with Gasteiger partial charge in [0.25, 0.3) is 6.43 Å². The molecule has 1 aliphatic carbocycles. The zero-order valence-corrected chi connectivity index (χ0v) is 9.84. The van der Waals surface area contributed by atoms with E-state index in [1.807, 2.05) is 0 Å². The first kappa shape index (κ1) is 12.8. The number of halogens is 2. The number of hydrogen-bond acceptors (Lipinski definition) is 2. The molecule has 15 heavy (non-hydrogen) atoms. The van der Waals surface area contributed by atoms with E-state index in [4.69, 9.17) is 0 Å². The van der Waals surface area contributed by atoms with Gasteiger partial charge in [-0.1, -0.05) is 13.8 Å². The molecule has 2 nitrogen and oxygen atoms in total. The highest BCUT2D eigenvalue weighted by Gasteiger charge is 2.34. The maximum Gasteiger partial charge on any atom is 0.251 e. The Morgan fingerprint density at radius 3 is 2.40 bits per heavy atom. The average Bonchev–Trinajstić information content (AvgIpc) is 1.99. The van der Waals surface area contributed by atoms with Crippen LogP contribution in [0.4, 0.5) is 8.78 Å². The van der Waals surface area contributed by atoms with Crippen LogP contribution in [0.5, 0.6) is 0 Å². The van der Waals surface area contributed by atoms with Gasteiger partial charge in [0.05, 0.1) is 6.54 Å². The maximum atomic E-state index is 12.2. The standard InChI is InChI=1S/C11H22F2N2/c1-8(2)14-6-9-4-5-10(9)15(3)7-11(12)13/h8-11,14H,4-7H2,1-3H3. The summed E-state index contributed by atoms with van der Waals surface area (Å²) in [5.41, 5.74) is 0. The fourth-order valence-corrected chi connectivity index (χ4v) is 2.11. The number of alkyl halides is 2. The number of hydrogen-bond donors (Lipinski definition) is 1. The first-order chi connectivity index (χ1) is 7.00. The topological polar surface area (TPSA) is 15.3 Å². The molecule has 90 valence electrons. The lowest BCUT2D eigenvalue weighted by atomic mass is 9.78. The molecular formula is C11H22F2N2. The Hall–Kier alpha value is -0.220. The zero-order chi connectivity index (χ0) is 11.4. The van der Waals surface area contributed by atoms with Crippen LogP contribution in [-0.4, -0.2) is 43.5 Å². The fraction of sp³-hybridized carbons (Fsp3) is 1.00. The molecular weight excluding hydrogens is 198 g/mol. The lowest BCUT2D eigenvalue weighted by molar-refractivity contribution is 0.0269. The second kappa shape index (κ2) is 5.75. The van der Waals surface area contributed by atoms with Crippen LogP contribution in [0.25, 0.3) is 0 Å². The van der Waals surface area contributed by atoms with Gasteiger partial charge < -0.3 is 5.32 Å². The van der Waals surface area contributed by atoms with Gasteiger partial charge in [-0.05, 0) is 32.4 Å². The molecule has 0 spiro atoms. The Morgan fingerprint density at radius 1 is 1.33 bits per heavy atom. The average molecular weight is 220 g/mol. The Labute approximate surface area is 91.0 Å². The normalized spacial score (nSPS) is 26.4. The first-order valence-electron chi connectivity index (χ1n) is 5.72. The predicted octanol–water partition coefficient (Wildman–Crippen LogP) is 1.96. The van der Waals surface area contributed by atoms with Crippen molar-refractivity contribution in [3.63, 3.8) is 0 Å². The third kappa shape index (κ3) is 4.03. The van der Waals surface area contributed by atoms with E-state index in [1.165, 1.54) is 0 Å². The molecule has 4 heteroatoms. The summed E-state index contributed by atoms with van der Waals surface area (Å²) in [4.78, 5) is 1.81. The second-order valence-corrected chi connectivity index (χ2v) is 4.80. The molecule has 0 aromatic heterocycles. The van der Waals surface area contributed by atoms with E-state index in [0.717, 1.165) is 19.4 Å². The van der Waals surface area contributed by atoms with Crippen LogP contribution in [0.1, 0.15) is 26.7 Å². The largest absolute Gasteiger partial charge is 0.314 e. The van der Waals surface area contributed by atoms with E-state index in [9.17, 15) is 8.78 Å². The van der Waals surface area contributed by atoms with Gasteiger partial charge in [-0.15, -0.1) is 0 Å². The van der Waals surface area contributed by atoms with Gasteiger partial charge in [0, 0.05) is 12.1 Å². The molecule has 0 aliphatic heterocycles. The molecule has 1 N–H and O–H groups in total. The second-order valence-electron chi connectivity index (χ2n) is 4.80. The first-order valence-corrected chi connectivity index (χ1v) is 5.72. The Bertz CT molecular complexity index is 185. The summed E-state index contributed by atoms with van der Waals surface area (Å²) in [6, 6.07) is 0.830. The van der Waals surface area contributed by atoms with Gasteiger partial charge in [0.1, 0.15) is 0 Å². The van der Waals surface area contributed by atoms with Crippen LogP contribution in [0.3, 0.4) is 0 Å². The lowest BCUT2D eigenvalue weighted by Gasteiger charge is -2.43. The summed E-state index contributed by atoms with van der Waals surface area (Å²) in [6.07, 6.45) is 0.0142. The third-order valence-electron chi connectivity index (χ3n) is 3.16. The smallest absolute Gasteiger partial charge is 0.251 e. The number of rotatable bonds is 6. The third-order valence-corrected chi connectivity index (χ3v) is 3.16. The van der Waals surface area contributed by atoms with Crippen molar-refractivity contribution in [1.29, 1.82) is 0 Å². The van der Waals surface area contributed by atoms with E-state index in [1.54, 1.807) is 11.9 Å². The minimum absolute atomic E-state index is 0.0944. The van der Waals surface area contributed by atoms with E-state index < -0.39 is 6.43 Å². The molecule has 0 aromatic rings. The van der Waals surface area contributed by atoms with Gasteiger partial charge in [0.15, 0.2) is 0 Å². The molecule has 0 amide bonds. The van der Waals surface area contributed by atoms with E-state index in [2.05, 4.69) is 19.2 Å². The summed E-state index contributed by atoms with van der Waals surface area (Å²) in [7, 11) is 1.80. The molecule has 1 fully saturated rings. The van der Waals surface area contributed by atoms with Crippen molar-refractivity contribution in [3.05, 3.63) is 0 Å². The summed E-state index contributed by atoms with van der Waals surface area (Å²) in [6.45, 7) is 5.08.